The van der Waals surface area contributed by atoms with Gasteiger partial charge in [0.05, 0.1) is 5.69 Å². The maximum atomic E-state index is 13.3. The Morgan fingerprint density at radius 1 is 1.05 bits per heavy atom. The minimum absolute atomic E-state index is 0.0413. The van der Waals surface area contributed by atoms with Crippen LogP contribution in [0.2, 0.25) is 0 Å². The van der Waals surface area contributed by atoms with Gasteiger partial charge in [-0.2, -0.15) is 0 Å². The summed E-state index contributed by atoms with van der Waals surface area (Å²) in [6.07, 6.45) is 8.79. The van der Waals surface area contributed by atoms with Crippen LogP contribution in [0.1, 0.15) is 61.4 Å². The molecule has 1 aliphatic carbocycles. The van der Waals surface area contributed by atoms with Crippen molar-refractivity contribution in [2.75, 3.05) is 37.3 Å². The molecule has 42 heavy (non-hydrogen) atoms. The maximum Gasteiger partial charge on any atom is 0.321 e. The van der Waals surface area contributed by atoms with Crippen molar-refractivity contribution in [2.24, 2.45) is 18.9 Å². The van der Waals surface area contributed by atoms with Crippen molar-refractivity contribution in [3.63, 3.8) is 0 Å². The van der Waals surface area contributed by atoms with Crippen LogP contribution in [0.4, 0.5) is 22.0 Å². The molecule has 3 aromatic rings. The van der Waals surface area contributed by atoms with Crippen molar-refractivity contribution in [3.8, 4) is 11.3 Å². The minimum Gasteiger partial charge on any atom is -0.342 e. The zero-order valence-corrected chi connectivity index (χ0v) is 25.2. The fraction of sp³-hybridized carbons (Fsp3) is 0.455. The molecule has 9 nitrogen and oxygen atoms in total. The molecule has 3 amide bonds. The predicted octanol–water partition coefficient (Wildman–Crippen LogP) is 6.03. The van der Waals surface area contributed by atoms with Gasteiger partial charge in [0.1, 0.15) is 0 Å². The summed E-state index contributed by atoms with van der Waals surface area (Å²) in [7, 11) is 3.48. The van der Waals surface area contributed by atoms with E-state index in [4.69, 9.17) is 0 Å². The number of amides is 3. The summed E-state index contributed by atoms with van der Waals surface area (Å²) >= 11 is 0. The number of anilines is 3. The lowest BCUT2D eigenvalue weighted by Crippen LogP contribution is -2.46. The van der Waals surface area contributed by atoms with Crippen LogP contribution in [-0.4, -0.2) is 58.0 Å². The van der Waals surface area contributed by atoms with Gasteiger partial charge in [-0.15, -0.1) is 0 Å². The third-order valence-corrected chi connectivity index (χ3v) is 8.80. The molecule has 222 valence electrons. The average molecular weight is 571 g/mol. The Hall–Kier alpha value is -4.14. The lowest BCUT2D eigenvalue weighted by atomic mass is 9.75. The summed E-state index contributed by atoms with van der Waals surface area (Å²) in [4.78, 5) is 47.2. The van der Waals surface area contributed by atoms with Crippen LogP contribution >= 0.6 is 0 Å². The summed E-state index contributed by atoms with van der Waals surface area (Å²) in [5.41, 5.74) is 4.04. The Morgan fingerprint density at radius 3 is 2.52 bits per heavy atom. The van der Waals surface area contributed by atoms with Crippen molar-refractivity contribution < 1.29 is 9.59 Å². The van der Waals surface area contributed by atoms with E-state index in [0.717, 1.165) is 48.7 Å². The summed E-state index contributed by atoms with van der Waals surface area (Å²) in [5, 5.41) is 6.27. The second-order valence-electron chi connectivity index (χ2n) is 11.8. The first-order valence-corrected chi connectivity index (χ1v) is 15.1. The van der Waals surface area contributed by atoms with Gasteiger partial charge in [0.25, 0.3) is 11.5 Å². The molecule has 9 heteroatoms. The normalized spacial score (nSPS) is 18.2. The third-order valence-electron chi connectivity index (χ3n) is 8.80. The number of carbonyl (C=O) groups excluding carboxylic acids is 2. The lowest BCUT2D eigenvalue weighted by Gasteiger charge is -2.41. The highest BCUT2D eigenvalue weighted by Gasteiger charge is 2.33. The van der Waals surface area contributed by atoms with Crippen LogP contribution in [0.5, 0.6) is 0 Å². The van der Waals surface area contributed by atoms with Crippen molar-refractivity contribution in [2.45, 2.75) is 52.4 Å². The first-order valence-electron chi connectivity index (χ1n) is 15.1. The van der Waals surface area contributed by atoms with Gasteiger partial charge in [-0.05, 0) is 73.9 Å². The smallest absolute Gasteiger partial charge is 0.321 e. The Morgan fingerprint density at radius 2 is 1.79 bits per heavy atom. The lowest BCUT2D eigenvalue weighted by molar-refractivity contribution is 0.0795. The summed E-state index contributed by atoms with van der Waals surface area (Å²) in [6, 6.07) is 12.7. The first-order chi connectivity index (χ1) is 20.2. The molecular formula is C33H42N6O3. The Kier molecular flexibility index (Phi) is 8.94. The Bertz CT molecular complexity index is 1500. The largest absolute Gasteiger partial charge is 0.342 e. The van der Waals surface area contributed by atoms with Gasteiger partial charge in [0.2, 0.25) is 0 Å². The standard InChI is InChI=1S/C33H42N6O3/c1-5-18-37(3)31(40)24-13-15-26(16-14-24)34-30-32(41)38(4)21-29(35-30)27-11-8-12-28(22(27)2)36-33(42)39-19-17-23-9-6-7-10-25(23)20-39/h8,11-16,21,23,25H,5-7,9-10,17-20H2,1-4H3,(H,34,35)(H,36,42). The molecule has 0 spiro atoms. The number of piperidine rings is 1. The molecule has 5 rings (SSSR count). The highest BCUT2D eigenvalue weighted by Crippen LogP contribution is 2.36. The monoisotopic (exact) mass is 570 g/mol. The fourth-order valence-corrected chi connectivity index (χ4v) is 6.34. The third kappa shape index (κ3) is 6.35. The molecule has 0 radical (unpaired) electrons. The molecule has 2 fully saturated rings. The van der Waals surface area contributed by atoms with Gasteiger partial charge < -0.3 is 25.0 Å². The maximum absolute atomic E-state index is 13.3. The van der Waals surface area contributed by atoms with E-state index in [-0.39, 0.29) is 23.3 Å². The Labute approximate surface area is 247 Å². The number of fused-ring (bicyclic) bond motifs is 1. The summed E-state index contributed by atoms with van der Waals surface area (Å²) < 4.78 is 1.50. The number of nitrogens with one attached hydrogen (secondary N) is 2. The van der Waals surface area contributed by atoms with Gasteiger partial charge in [-0.3, -0.25) is 9.59 Å². The van der Waals surface area contributed by atoms with E-state index < -0.39 is 0 Å². The zero-order chi connectivity index (χ0) is 29.8. The quantitative estimate of drug-likeness (QED) is 0.362. The van der Waals surface area contributed by atoms with Crippen molar-refractivity contribution >= 4 is 29.1 Å². The van der Waals surface area contributed by atoms with Crippen LogP contribution in [0, 0.1) is 18.8 Å². The molecule has 2 N–H and O–H groups in total. The van der Waals surface area contributed by atoms with Gasteiger partial charge in [-0.1, -0.05) is 38.3 Å². The number of carbonyl (C=O) groups is 2. The predicted molar refractivity (Wildman–Crippen MR) is 167 cm³/mol. The number of aryl methyl sites for hydroxylation is 1. The van der Waals surface area contributed by atoms with Gasteiger partial charge in [-0.25, -0.2) is 9.78 Å². The molecule has 2 heterocycles. The van der Waals surface area contributed by atoms with E-state index in [1.165, 1.54) is 30.3 Å². The van der Waals surface area contributed by atoms with E-state index in [9.17, 15) is 14.4 Å². The van der Waals surface area contributed by atoms with Gasteiger partial charge in [0, 0.05) is 62.4 Å². The van der Waals surface area contributed by atoms with Gasteiger partial charge >= 0.3 is 6.03 Å². The number of likely N-dealkylation sites (tertiary alicyclic amines) is 1. The molecule has 2 atom stereocenters. The van der Waals surface area contributed by atoms with Crippen molar-refractivity contribution in [1.82, 2.24) is 19.4 Å². The molecule has 1 aliphatic heterocycles. The number of benzene rings is 2. The second kappa shape index (κ2) is 12.8. The SMILES string of the molecule is CCCN(C)C(=O)c1ccc(Nc2nc(-c3cccc(NC(=O)N4CCC5CCCCC5C4)c3C)cn(C)c2=O)cc1. The number of hydrogen-bond acceptors (Lipinski definition) is 5. The molecule has 2 aliphatic rings. The molecular weight excluding hydrogens is 528 g/mol. The van der Waals surface area contributed by atoms with Crippen molar-refractivity contribution in [1.29, 1.82) is 0 Å². The summed E-state index contributed by atoms with van der Waals surface area (Å²) in [5.74, 6) is 1.52. The topological polar surface area (TPSA) is 99.6 Å². The minimum atomic E-state index is -0.269. The van der Waals surface area contributed by atoms with E-state index in [0.29, 0.717) is 29.4 Å². The second-order valence-corrected chi connectivity index (χ2v) is 11.8. The van der Waals surface area contributed by atoms with Crippen LogP contribution in [0.15, 0.2) is 53.5 Å². The Balaban J connectivity index is 1.33. The molecule has 2 aromatic carbocycles. The molecule has 1 saturated heterocycles. The molecule has 2 unspecified atom stereocenters. The molecule has 1 aromatic heterocycles. The molecule has 0 bridgehead atoms. The average Bonchev–Trinajstić information content (AvgIpc) is 3.00. The van der Waals surface area contributed by atoms with E-state index in [1.807, 2.05) is 36.9 Å². The number of nitrogens with zero attached hydrogens (tertiary/aromatic N) is 4. The highest BCUT2D eigenvalue weighted by molar-refractivity contribution is 5.94. The van der Waals surface area contributed by atoms with Crippen molar-refractivity contribution in [3.05, 3.63) is 70.1 Å². The number of hydrogen-bond donors (Lipinski definition) is 2. The molecule has 1 saturated carbocycles. The van der Waals surface area contributed by atoms with Crippen LogP contribution in [0.3, 0.4) is 0 Å². The fourth-order valence-electron chi connectivity index (χ4n) is 6.34. The zero-order valence-electron chi connectivity index (χ0n) is 25.2. The number of urea groups is 1. The highest BCUT2D eigenvalue weighted by atomic mass is 16.2. The summed E-state index contributed by atoms with van der Waals surface area (Å²) in [6.45, 7) is 6.32. The van der Waals surface area contributed by atoms with E-state index >= 15 is 0 Å². The van der Waals surface area contributed by atoms with Crippen LogP contribution < -0.4 is 16.2 Å². The number of rotatable bonds is 7. The van der Waals surface area contributed by atoms with Gasteiger partial charge in [0.15, 0.2) is 5.82 Å². The van der Waals surface area contributed by atoms with E-state index in [1.54, 1.807) is 49.5 Å². The number of aromatic nitrogens is 2. The van der Waals surface area contributed by atoms with Crippen LogP contribution in [-0.2, 0) is 7.05 Å². The van der Waals surface area contributed by atoms with E-state index in [2.05, 4.69) is 15.6 Å². The van der Waals surface area contributed by atoms with Crippen LogP contribution in [0.25, 0.3) is 11.3 Å². The first kappa shape index (κ1) is 29.4.